The molecule has 0 saturated carbocycles. The molecule has 2 heterocycles. The normalized spacial score (nSPS) is 13.5. The summed E-state index contributed by atoms with van der Waals surface area (Å²) < 4.78 is 46.0. The third-order valence-electron chi connectivity index (χ3n) is 14.2. The average molecular weight is 857 g/mol. The van der Waals surface area contributed by atoms with E-state index in [1.807, 2.05) is 35.2 Å². The first kappa shape index (κ1) is 37.1. The van der Waals surface area contributed by atoms with Gasteiger partial charge in [0.2, 0.25) is 0 Å². The van der Waals surface area contributed by atoms with Crippen LogP contribution in [0.2, 0.25) is 0 Å². The highest BCUT2D eigenvalue weighted by molar-refractivity contribution is 6.29. The van der Waals surface area contributed by atoms with Gasteiger partial charge in [0.1, 0.15) is 5.75 Å². The van der Waals surface area contributed by atoms with E-state index >= 15 is 0 Å². The van der Waals surface area contributed by atoms with Crippen molar-refractivity contribution >= 4 is 65.9 Å². The molecular weight excluding hydrogens is 822 g/mol. The van der Waals surface area contributed by atoms with Gasteiger partial charge in [-0.1, -0.05) is 146 Å². The number of ether oxygens (including phenoxy) is 1. The van der Waals surface area contributed by atoms with E-state index in [-0.39, 0.29) is 5.75 Å². The Hall–Kier alpha value is -8.35. The van der Waals surface area contributed by atoms with Gasteiger partial charge >= 0.3 is 6.36 Å². The number of para-hydroxylation sites is 3. The van der Waals surface area contributed by atoms with Gasteiger partial charge in [-0.2, -0.15) is 0 Å². The highest BCUT2D eigenvalue weighted by atomic mass is 19.4. The second-order valence-electron chi connectivity index (χ2n) is 17.5. The van der Waals surface area contributed by atoms with Crippen molar-refractivity contribution in [3.05, 3.63) is 235 Å². The molecule has 0 radical (unpaired) electrons. The third kappa shape index (κ3) is 4.98. The fourth-order valence-electron chi connectivity index (χ4n) is 11.8. The molecule has 2 aliphatic carbocycles. The van der Waals surface area contributed by atoms with Gasteiger partial charge in [-0.25, -0.2) is 0 Å². The summed E-state index contributed by atoms with van der Waals surface area (Å²) in [5.74, 6) is -0.267. The molecule has 0 saturated heterocycles. The van der Waals surface area contributed by atoms with E-state index in [9.17, 15) is 13.2 Å². The molecule has 3 nitrogen and oxygen atoms in total. The van der Waals surface area contributed by atoms with E-state index in [0.717, 1.165) is 27.7 Å². The first-order chi connectivity index (χ1) is 32.4. The molecule has 0 bridgehead atoms. The standard InChI is InChI=1S/C60H35F3N2O/c61-60(62,63)66-42-31-29-40(30-32-42)64(39-13-2-1-3-14-39)41-28-27-36-33-38(26-25-37(36)34-41)49-35-53-56(58-55(49)48-20-12-19-46-45-17-7-11-24-54(45)65(58)57(46)48)47-18-6-10-23-52(47)59(53)50-21-8-4-15-43(50)44-16-5-9-22-51(44)59/h1-35H. The maximum absolute atomic E-state index is 13.1. The zero-order chi connectivity index (χ0) is 43.9. The van der Waals surface area contributed by atoms with E-state index in [0.29, 0.717) is 5.69 Å². The lowest BCUT2D eigenvalue weighted by molar-refractivity contribution is -0.274. The number of hydrogen-bond donors (Lipinski definition) is 0. The molecule has 10 aromatic carbocycles. The van der Waals surface area contributed by atoms with Crippen molar-refractivity contribution in [3.8, 4) is 39.1 Å². The second kappa shape index (κ2) is 13.3. The van der Waals surface area contributed by atoms with Gasteiger partial charge in [0.25, 0.3) is 0 Å². The first-order valence-electron chi connectivity index (χ1n) is 22.2. The van der Waals surface area contributed by atoms with E-state index in [4.69, 9.17) is 0 Å². The number of alkyl halides is 3. The summed E-state index contributed by atoms with van der Waals surface area (Å²) in [6, 6.07) is 74.1. The minimum Gasteiger partial charge on any atom is -0.406 e. The zero-order valence-electron chi connectivity index (χ0n) is 35.1. The maximum Gasteiger partial charge on any atom is 0.573 e. The maximum atomic E-state index is 13.1. The van der Waals surface area contributed by atoms with Crippen LogP contribution in [0.5, 0.6) is 5.75 Å². The average Bonchev–Trinajstić information content (AvgIpc) is 4.06. The number of rotatable bonds is 5. The predicted octanol–water partition coefficient (Wildman–Crippen LogP) is 16.4. The number of anilines is 3. The number of benzene rings is 10. The molecular formula is C60H35F3N2O. The van der Waals surface area contributed by atoms with Gasteiger partial charge in [0.15, 0.2) is 0 Å². The molecule has 66 heavy (non-hydrogen) atoms. The lowest BCUT2D eigenvalue weighted by atomic mass is 9.70. The van der Waals surface area contributed by atoms with Crippen molar-refractivity contribution in [2.45, 2.75) is 11.8 Å². The van der Waals surface area contributed by atoms with Gasteiger partial charge in [0, 0.05) is 44.2 Å². The van der Waals surface area contributed by atoms with E-state index < -0.39 is 11.8 Å². The van der Waals surface area contributed by atoms with Crippen LogP contribution in [0.1, 0.15) is 22.3 Å². The van der Waals surface area contributed by atoms with E-state index in [1.54, 1.807) is 12.1 Å². The Morgan fingerprint density at radius 3 is 1.74 bits per heavy atom. The van der Waals surface area contributed by atoms with Gasteiger partial charge in [-0.3, -0.25) is 0 Å². The third-order valence-corrected chi connectivity index (χ3v) is 14.2. The number of halogens is 3. The van der Waals surface area contributed by atoms with Crippen LogP contribution < -0.4 is 9.64 Å². The summed E-state index contributed by atoms with van der Waals surface area (Å²) in [6.45, 7) is 0. The van der Waals surface area contributed by atoms with Crippen LogP contribution in [0.3, 0.4) is 0 Å². The molecule has 1 spiro atoms. The van der Waals surface area contributed by atoms with Crippen molar-refractivity contribution in [1.29, 1.82) is 0 Å². The molecule has 0 N–H and O–H groups in total. The molecule has 0 atom stereocenters. The SMILES string of the molecule is FC(F)(F)Oc1ccc(N(c2ccccc2)c2ccc3cc(-c4cc5c(c6c4c4cccc7c8ccccc8n6c74)-c4ccccc4C54c5ccccc5-c5ccccc54)ccc3c2)cc1. The van der Waals surface area contributed by atoms with Crippen LogP contribution in [-0.2, 0) is 5.41 Å². The van der Waals surface area contributed by atoms with Crippen molar-refractivity contribution in [2.75, 3.05) is 4.90 Å². The topological polar surface area (TPSA) is 16.9 Å². The first-order valence-corrected chi connectivity index (χ1v) is 22.2. The Morgan fingerprint density at radius 1 is 0.424 bits per heavy atom. The van der Waals surface area contributed by atoms with E-state index in [2.05, 4.69) is 167 Å². The quantitative estimate of drug-likeness (QED) is 0.172. The molecule has 312 valence electrons. The number of nitrogens with zero attached hydrogens (tertiary/aromatic N) is 2. The van der Waals surface area contributed by atoms with Gasteiger partial charge in [0.05, 0.1) is 22.0 Å². The van der Waals surface area contributed by atoms with Crippen molar-refractivity contribution in [1.82, 2.24) is 4.40 Å². The fraction of sp³-hybridized carbons (Fsp3) is 0.0333. The van der Waals surface area contributed by atoms with Crippen LogP contribution in [0.25, 0.3) is 82.2 Å². The predicted molar refractivity (Wildman–Crippen MR) is 262 cm³/mol. The molecule has 0 aliphatic heterocycles. The lowest BCUT2D eigenvalue weighted by Crippen LogP contribution is -2.25. The Balaban J connectivity index is 1.03. The minimum atomic E-state index is -4.77. The Kier molecular flexibility index (Phi) is 7.50. The molecule has 0 fully saturated rings. The van der Waals surface area contributed by atoms with Crippen molar-refractivity contribution in [2.24, 2.45) is 0 Å². The summed E-state index contributed by atoms with van der Waals surface area (Å²) in [7, 11) is 0. The molecule has 6 heteroatoms. The number of aromatic nitrogens is 1. The zero-order valence-corrected chi connectivity index (χ0v) is 35.1. The number of fused-ring (bicyclic) bond motifs is 18. The second-order valence-corrected chi connectivity index (χ2v) is 17.5. The highest BCUT2D eigenvalue weighted by Crippen LogP contribution is 2.65. The fourth-order valence-corrected chi connectivity index (χ4v) is 11.8. The Bertz CT molecular complexity index is 3920. The molecule has 2 aromatic heterocycles. The minimum absolute atomic E-state index is 0.267. The molecule has 12 aromatic rings. The summed E-state index contributed by atoms with van der Waals surface area (Å²) >= 11 is 0. The Labute approximate surface area is 377 Å². The van der Waals surface area contributed by atoms with Crippen molar-refractivity contribution < 1.29 is 17.9 Å². The van der Waals surface area contributed by atoms with Crippen LogP contribution in [0, 0.1) is 0 Å². The van der Waals surface area contributed by atoms with Crippen LogP contribution >= 0.6 is 0 Å². The summed E-state index contributed by atoms with van der Waals surface area (Å²) in [4.78, 5) is 2.05. The molecule has 0 amide bonds. The van der Waals surface area contributed by atoms with Gasteiger partial charge in [-0.15, -0.1) is 13.2 Å². The molecule has 2 aliphatic rings. The summed E-state index contributed by atoms with van der Waals surface area (Å²) in [6.07, 6.45) is -4.77. The van der Waals surface area contributed by atoms with Crippen LogP contribution in [-0.4, -0.2) is 10.8 Å². The van der Waals surface area contributed by atoms with Gasteiger partial charge in [-0.05, 0) is 128 Å². The van der Waals surface area contributed by atoms with Crippen molar-refractivity contribution in [3.63, 3.8) is 0 Å². The number of hydrogen-bond acceptors (Lipinski definition) is 2. The smallest absolute Gasteiger partial charge is 0.406 e. The van der Waals surface area contributed by atoms with Crippen LogP contribution in [0.15, 0.2) is 212 Å². The summed E-state index contributed by atoms with van der Waals surface area (Å²) in [5.41, 5.74) is 18.1. The largest absolute Gasteiger partial charge is 0.573 e. The lowest BCUT2D eigenvalue weighted by Gasteiger charge is -2.31. The monoisotopic (exact) mass is 856 g/mol. The molecule has 14 rings (SSSR count). The Morgan fingerprint density at radius 2 is 1.00 bits per heavy atom. The van der Waals surface area contributed by atoms with E-state index in [1.165, 1.54) is 100 Å². The summed E-state index contributed by atoms with van der Waals surface area (Å²) in [5, 5.41) is 7.05. The highest BCUT2D eigenvalue weighted by Gasteiger charge is 2.52. The molecule has 0 unspecified atom stereocenters. The van der Waals surface area contributed by atoms with Crippen LogP contribution in [0.4, 0.5) is 30.2 Å². The van der Waals surface area contributed by atoms with Gasteiger partial charge < -0.3 is 14.0 Å².